The van der Waals surface area contributed by atoms with Crippen LogP contribution in [0.15, 0.2) is 24.3 Å². The Kier molecular flexibility index (Phi) is 4.36. The first-order valence-corrected chi connectivity index (χ1v) is 5.85. The number of hydrogen-bond acceptors (Lipinski definition) is 2. The monoisotopic (exact) mass is 221 g/mol. The molecule has 0 spiro atoms. The van der Waals surface area contributed by atoms with Gasteiger partial charge in [0, 0.05) is 11.7 Å². The average Bonchev–Trinajstić information content (AvgIpc) is 2.14. The second-order valence-corrected chi connectivity index (χ2v) is 5.66. The molecule has 1 atom stereocenters. The van der Waals surface area contributed by atoms with Crippen LogP contribution in [0.5, 0.6) is 0 Å². The lowest BCUT2D eigenvalue weighted by molar-refractivity contribution is 0.234. The summed E-state index contributed by atoms with van der Waals surface area (Å²) in [4.78, 5) is 0. The van der Waals surface area contributed by atoms with Crippen molar-refractivity contribution in [2.24, 2.45) is 5.41 Å². The van der Waals surface area contributed by atoms with Crippen molar-refractivity contribution in [3.05, 3.63) is 29.8 Å². The minimum absolute atomic E-state index is 0.127. The molecule has 1 aromatic carbocycles. The lowest BCUT2D eigenvalue weighted by Gasteiger charge is -2.26. The highest BCUT2D eigenvalue weighted by molar-refractivity contribution is 5.46. The molecule has 0 saturated carbocycles. The van der Waals surface area contributed by atoms with Crippen molar-refractivity contribution in [1.82, 2.24) is 0 Å². The van der Waals surface area contributed by atoms with Gasteiger partial charge in [0.15, 0.2) is 0 Å². The molecule has 2 N–H and O–H groups in total. The maximum Gasteiger partial charge on any atom is 0.0633 e. The number of hydrogen-bond donors (Lipinski definition) is 2. The van der Waals surface area contributed by atoms with Crippen molar-refractivity contribution >= 4 is 5.69 Å². The van der Waals surface area contributed by atoms with E-state index < -0.39 is 0 Å². The molecule has 0 saturated heterocycles. The minimum atomic E-state index is 0.127. The highest BCUT2D eigenvalue weighted by atomic mass is 16.3. The quantitative estimate of drug-likeness (QED) is 0.818. The van der Waals surface area contributed by atoms with Crippen LogP contribution in [0.3, 0.4) is 0 Å². The molecule has 2 nitrogen and oxygen atoms in total. The van der Waals surface area contributed by atoms with Gasteiger partial charge in [-0.15, -0.1) is 0 Å². The second kappa shape index (κ2) is 5.35. The Hall–Kier alpha value is -1.02. The standard InChI is InChI=1S/C14H23NO/c1-11-6-5-7-12(8-11)15-13(10-16)9-14(2,3)4/h5-8,13,15-16H,9-10H2,1-4H3. The van der Waals surface area contributed by atoms with E-state index in [0.717, 1.165) is 12.1 Å². The summed E-state index contributed by atoms with van der Waals surface area (Å²) < 4.78 is 0. The van der Waals surface area contributed by atoms with E-state index in [9.17, 15) is 5.11 Å². The highest BCUT2D eigenvalue weighted by Gasteiger charge is 2.17. The largest absolute Gasteiger partial charge is 0.394 e. The lowest BCUT2D eigenvalue weighted by atomic mass is 9.88. The highest BCUT2D eigenvalue weighted by Crippen LogP contribution is 2.23. The molecule has 1 rings (SSSR count). The summed E-state index contributed by atoms with van der Waals surface area (Å²) >= 11 is 0. The number of nitrogens with one attached hydrogen (secondary N) is 1. The van der Waals surface area contributed by atoms with E-state index in [1.54, 1.807) is 0 Å². The van der Waals surface area contributed by atoms with E-state index in [-0.39, 0.29) is 18.1 Å². The van der Waals surface area contributed by atoms with E-state index in [4.69, 9.17) is 0 Å². The molecule has 0 aromatic heterocycles. The van der Waals surface area contributed by atoms with Gasteiger partial charge in [0.25, 0.3) is 0 Å². The Balaban J connectivity index is 2.63. The molecule has 0 fully saturated rings. The number of anilines is 1. The third-order valence-electron chi connectivity index (χ3n) is 2.47. The van der Waals surface area contributed by atoms with Crippen molar-refractivity contribution in [3.8, 4) is 0 Å². The van der Waals surface area contributed by atoms with Crippen LogP contribution in [-0.2, 0) is 0 Å². The molecule has 0 aliphatic carbocycles. The van der Waals surface area contributed by atoms with Gasteiger partial charge in [-0.25, -0.2) is 0 Å². The van der Waals surface area contributed by atoms with E-state index >= 15 is 0 Å². The molecule has 0 aliphatic heterocycles. The average molecular weight is 221 g/mol. The van der Waals surface area contributed by atoms with E-state index in [2.05, 4.69) is 45.1 Å². The summed E-state index contributed by atoms with van der Waals surface area (Å²) in [5, 5.41) is 12.7. The minimum Gasteiger partial charge on any atom is -0.394 e. The maximum atomic E-state index is 9.36. The molecular formula is C14H23NO. The van der Waals surface area contributed by atoms with Gasteiger partial charge >= 0.3 is 0 Å². The summed E-state index contributed by atoms with van der Waals surface area (Å²) in [7, 11) is 0. The first-order valence-electron chi connectivity index (χ1n) is 5.85. The normalized spacial score (nSPS) is 13.6. The smallest absolute Gasteiger partial charge is 0.0633 e. The van der Waals surface area contributed by atoms with Crippen LogP contribution in [0.25, 0.3) is 0 Å². The predicted molar refractivity (Wildman–Crippen MR) is 69.7 cm³/mol. The van der Waals surface area contributed by atoms with Crippen LogP contribution in [0, 0.1) is 12.3 Å². The van der Waals surface area contributed by atoms with E-state index in [1.807, 2.05) is 12.1 Å². The fourth-order valence-electron chi connectivity index (χ4n) is 1.87. The number of aliphatic hydroxyl groups is 1. The fourth-order valence-corrected chi connectivity index (χ4v) is 1.87. The zero-order valence-electron chi connectivity index (χ0n) is 10.7. The van der Waals surface area contributed by atoms with Gasteiger partial charge < -0.3 is 10.4 Å². The van der Waals surface area contributed by atoms with Crippen molar-refractivity contribution in [1.29, 1.82) is 0 Å². The Morgan fingerprint density at radius 3 is 2.50 bits per heavy atom. The lowest BCUT2D eigenvalue weighted by Crippen LogP contribution is -2.29. The van der Waals surface area contributed by atoms with Crippen molar-refractivity contribution in [3.63, 3.8) is 0 Å². The summed E-state index contributed by atoms with van der Waals surface area (Å²) in [6.07, 6.45) is 0.956. The van der Waals surface area contributed by atoms with Crippen LogP contribution >= 0.6 is 0 Å². The van der Waals surface area contributed by atoms with Gasteiger partial charge in [-0.2, -0.15) is 0 Å². The van der Waals surface area contributed by atoms with Crippen LogP contribution in [0.1, 0.15) is 32.8 Å². The molecular weight excluding hydrogens is 198 g/mol. The third-order valence-corrected chi connectivity index (χ3v) is 2.47. The molecule has 1 unspecified atom stereocenters. The Bertz CT molecular complexity index is 328. The van der Waals surface area contributed by atoms with Crippen LogP contribution in [0.4, 0.5) is 5.69 Å². The third kappa shape index (κ3) is 4.67. The SMILES string of the molecule is Cc1cccc(NC(CO)CC(C)(C)C)c1. The predicted octanol–water partition coefficient (Wildman–Crippen LogP) is 3.20. The first kappa shape index (κ1) is 13.0. The molecule has 90 valence electrons. The van der Waals surface area contributed by atoms with Crippen LogP contribution in [0.2, 0.25) is 0 Å². The summed E-state index contributed by atoms with van der Waals surface area (Å²) in [6, 6.07) is 8.37. The van der Waals surface area contributed by atoms with E-state index in [0.29, 0.717) is 0 Å². The number of rotatable bonds is 4. The molecule has 0 amide bonds. The first-order chi connectivity index (χ1) is 7.40. The molecule has 0 aliphatic rings. The molecule has 1 aromatic rings. The Morgan fingerprint density at radius 1 is 1.31 bits per heavy atom. The van der Waals surface area contributed by atoms with Crippen LogP contribution in [-0.4, -0.2) is 17.8 Å². The molecule has 2 heteroatoms. The van der Waals surface area contributed by atoms with Gasteiger partial charge in [-0.3, -0.25) is 0 Å². The molecule has 0 bridgehead atoms. The summed E-state index contributed by atoms with van der Waals surface area (Å²) in [5.74, 6) is 0. The van der Waals surface area contributed by atoms with Crippen molar-refractivity contribution < 1.29 is 5.11 Å². The van der Waals surface area contributed by atoms with Crippen LogP contribution < -0.4 is 5.32 Å². The molecule has 0 heterocycles. The van der Waals surface area contributed by atoms with Gasteiger partial charge in [-0.1, -0.05) is 32.9 Å². The summed E-state index contributed by atoms with van der Waals surface area (Å²) in [6.45, 7) is 8.81. The van der Waals surface area contributed by atoms with Gasteiger partial charge in [0.2, 0.25) is 0 Å². The Morgan fingerprint density at radius 2 is 2.00 bits per heavy atom. The second-order valence-electron chi connectivity index (χ2n) is 5.66. The van der Waals surface area contributed by atoms with Gasteiger partial charge in [0.1, 0.15) is 0 Å². The van der Waals surface area contributed by atoms with Crippen molar-refractivity contribution in [2.75, 3.05) is 11.9 Å². The topological polar surface area (TPSA) is 32.3 Å². The number of aryl methyl sites for hydroxylation is 1. The van der Waals surface area contributed by atoms with Crippen molar-refractivity contribution in [2.45, 2.75) is 40.2 Å². The zero-order valence-corrected chi connectivity index (χ0v) is 10.7. The zero-order chi connectivity index (χ0) is 12.2. The molecule has 16 heavy (non-hydrogen) atoms. The van der Waals surface area contributed by atoms with Gasteiger partial charge in [-0.05, 0) is 36.5 Å². The molecule has 0 radical (unpaired) electrons. The summed E-state index contributed by atoms with van der Waals surface area (Å²) in [5.41, 5.74) is 2.55. The maximum absolute atomic E-state index is 9.36. The van der Waals surface area contributed by atoms with Gasteiger partial charge in [0.05, 0.1) is 6.61 Å². The fraction of sp³-hybridized carbons (Fsp3) is 0.571. The van der Waals surface area contributed by atoms with E-state index in [1.165, 1.54) is 5.56 Å². The number of aliphatic hydroxyl groups excluding tert-OH is 1. The Labute approximate surface area is 98.7 Å². The number of benzene rings is 1.